The molecule has 1 aliphatic heterocycles. The molecule has 7 aromatic carbocycles. The predicted molar refractivity (Wildman–Crippen MR) is 192 cm³/mol. The summed E-state index contributed by atoms with van der Waals surface area (Å²) in [5, 5.41) is 0. The Morgan fingerprint density at radius 1 is 0.289 bits per heavy atom. The van der Waals surface area contributed by atoms with E-state index in [1.165, 1.54) is 53.0 Å². The summed E-state index contributed by atoms with van der Waals surface area (Å²) in [6.07, 6.45) is 0. The minimum Gasteiger partial charge on any atom is -0.311 e. The summed E-state index contributed by atoms with van der Waals surface area (Å²) in [6, 6.07) is 63.2. The van der Waals surface area contributed by atoms with E-state index in [1.807, 2.05) is 23.5 Å². The maximum absolute atomic E-state index is 2.34. The van der Waals surface area contributed by atoms with Crippen LogP contribution in [0.4, 0.5) is 17.1 Å². The first-order valence-corrected chi connectivity index (χ1v) is 16.7. The van der Waals surface area contributed by atoms with E-state index < -0.39 is 0 Å². The van der Waals surface area contributed by atoms with Crippen LogP contribution in [0.1, 0.15) is 0 Å². The Balaban J connectivity index is 1.16. The van der Waals surface area contributed by atoms with Crippen molar-refractivity contribution in [2.45, 2.75) is 19.6 Å². The van der Waals surface area contributed by atoms with Gasteiger partial charge < -0.3 is 4.90 Å². The third kappa shape index (κ3) is 5.57. The molecule has 1 aliphatic rings. The number of hydrogen-bond donors (Lipinski definition) is 0. The Bertz CT molecular complexity index is 1990. The molecule has 8 rings (SSSR count). The summed E-state index contributed by atoms with van der Waals surface area (Å²) in [5.74, 6) is 0. The molecular formula is C42H29NS2. The molecule has 45 heavy (non-hydrogen) atoms. The lowest BCUT2D eigenvalue weighted by Crippen LogP contribution is -2.09. The number of anilines is 3. The highest BCUT2D eigenvalue weighted by atomic mass is 32.2. The van der Waals surface area contributed by atoms with E-state index in [1.54, 1.807) is 0 Å². The molecule has 7 aromatic rings. The van der Waals surface area contributed by atoms with Crippen molar-refractivity contribution in [3.8, 4) is 33.4 Å². The van der Waals surface area contributed by atoms with Crippen molar-refractivity contribution >= 4 is 40.6 Å². The molecule has 1 nitrogen and oxygen atoms in total. The Hall–Kier alpha value is -4.96. The van der Waals surface area contributed by atoms with E-state index in [9.17, 15) is 0 Å². The molecule has 0 radical (unpaired) electrons. The molecule has 0 saturated carbocycles. The summed E-state index contributed by atoms with van der Waals surface area (Å²) in [7, 11) is 0. The van der Waals surface area contributed by atoms with Crippen molar-refractivity contribution in [3.63, 3.8) is 0 Å². The van der Waals surface area contributed by atoms with Crippen LogP contribution in [0.5, 0.6) is 0 Å². The highest BCUT2D eigenvalue weighted by molar-refractivity contribution is 8.05. The van der Waals surface area contributed by atoms with Crippen LogP contribution in [0.15, 0.2) is 196 Å². The van der Waals surface area contributed by atoms with Crippen LogP contribution in [-0.4, -0.2) is 0 Å². The van der Waals surface area contributed by atoms with E-state index >= 15 is 0 Å². The zero-order valence-corrected chi connectivity index (χ0v) is 26.1. The standard InChI is InChI=1S/C42H29NS2/c1-3-10-30(11-4-1)32-18-24-35(25-19-32)43(36-26-20-33(21-27-36)31-12-5-2-6-13-31)37-28-22-34(23-29-37)38-14-9-17-41-42(38)45-40-16-8-7-15-39(40)44-41/h1-29H. The second-order valence-electron chi connectivity index (χ2n) is 11.0. The van der Waals surface area contributed by atoms with E-state index in [4.69, 9.17) is 0 Å². The largest absolute Gasteiger partial charge is 0.311 e. The third-order valence-electron chi connectivity index (χ3n) is 8.16. The van der Waals surface area contributed by atoms with E-state index in [-0.39, 0.29) is 0 Å². The van der Waals surface area contributed by atoms with Crippen molar-refractivity contribution in [1.29, 1.82) is 0 Å². The van der Waals surface area contributed by atoms with Gasteiger partial charge in [-0.15, -0.1) is 0 Å². The normalized spacial score (nSPS) is 11.8. The zero-order chi connectivity index (χ0) is 30.0. The Kier molecular flexibility index (Phi) is 7.48. The Morgan fingerprint density at radius 2 is 0.689 bits per heavy atom. The first kappa shape index (κ1) is 27.6. The summed E-state index contributed by atoms with van der Waals surface area (Å²) in [4.78, 5) is 7.64. The lowest BCUT2D eigenvalue weighted by molar-refractivity contribution is 1.16. The third-order valence-corrected chi connectivity index (χ3v) is 10.8. The van der Waals surface area contributed by atoms with Gasteiger partial charge in [0.05, 0.1) is 0 Å². The lowest BCUT2D eigenvalue weighted by Gasteiger charge is -2.26. The van der Waals surface area contributed by atoms with Crippen LogP contribution in [-0.2, 0) is 0 Å². The van der Waals surface area contributed by atoms with Gasteiger partial charge in [-0.3, -0.25) is 0 Å². The van der Waals surface area contributed by atoms with Crippen LogP contribution in [0.2, 0.25) is 0 Å². The maximum Gasteiger partial charge on any atom is 0.0462 e. The van der Waals surface area contributed by atoms with Gasteiger partial charge in [0, 0.05) is 36.6 Å². The highest BCUT2D eigenvalue weighted by Gasteiger charge is 2.20. The molecule has 0 bridgehead atoms. The van der Waals surface area contributed by atoms with E-state index in [0.717, 1.165) is 17.1 Å². The molecule has 0 unspecified atom stereocenters. The van der Waals surface area contributed by atoms with Crippen molar-refractivity contribution in [2.75, 3.05) is 4.90 Å². The Morgan fingerprint density at radius 3 is 1.20 bits per heavy atom. The van der Waals surface area contributed by atoms with Crippen LogP contribution < -0.4 is 4.90 Å². The molecule has 0 spiro atoms. The number of rotatable bonds is 6. The molecule has 0 fully saturated rings. The van der Waals surface area contributed by atoms with Gasteiger partial charge >= 0.3 is 0 Å². The predicted octanol–water partition coefficient (Wildman–Crippen LogP) is 12.8. The summed E-state index contributed by atoms with van der Waals surface area (Å²) >= 11 is 3.74. The van der Waals surface area contributed by atoms with Gasteiger partial charge in [0.15, 0.2) is 0 Å². The number of fused-ring (bicyclic) bond motifs is 2. The Labute approximate surface area is 273 Å². The monoisotopic (exact) mass is 611 g/mol. The van der Waals surface area contributed by atoms with Crippen molar-refractivity contribution < 1.29 is 0 Å². The molecular weight excluding hydrogens is 583 g/mol. The fourth-order valence-electron chi connectivity index (χ4n) is 5.88. The molecule has 214 valence electrons. The lowest BCUT2D eigenvalue weighted by atomic mass is 10.0. The van der Waals surface area contributed by atoms with Crippen LogP contribution in [0, 0.1) is 0 Å². The van der Waals surface area contributed by atoms with Crippen LogP contribution in [0.3, 0.4) is 0 Å². The van der Waals surface area contributed by atoms with Crippen LogP contribution >= 0.6 is 23.5 Å². The smallest absolute Gasteiger partial charge is 0.0462 e. The number of nitrogens with zero attached hydrogens (tertiary/aromatic N) is 1. The fraction of sp³-hybridized carbons (Fsp3) is 0. The quantitative estimate of drug-likeness (QED) is 0.184. The molecule has 0 amide bonds. The highest BCUT2D eigenvalue weighted by Crippen LogP contribution is 2.51. The van der Waals surface area contributed by atoms with Crippen LogP contribution in [0.25, 0.3) is 33.4 Å². The minimum absolute atomic E-state index is 1.12. The topological polar surface area (TPSA) is 3.24 Å². The van der Waals surface area contributed by atoms with E-state index in [0.29, 0.717) is 0 Å². The van der Waals surface area contributed by atoms with Crippen molar-refractivity contribution in [1.82, 2.24) is 0 Å². The van der Waals surface area contributed by atoms with Gasteiger partial charge in [-0.05, 0) is 88.0 Å². The minimum atomic E-state index is 1.12. The average Bonchev–Trinajstić information content (AvgIpc) is 3.12. The van der Waals surface area contributed by atoms with Gasteiger partial charge in [0.2, 0.25) is 0 Å². The molecule has 0 N–H and O–H groups in total. The SMILES string of the molecule is c1ccc(-c2ccc(N(c3ccc(-c4ccccc4)cc3)c3ccc(-c4cccc5c4Sc4ccccc4S5)cc3)cc2)cc1. The molecule has 1 heterocycles. The summed E-state index contributed by atoms with van der Waals surface area (Å²) in [6.45, 7) is 0. The average molecular weight is 612 g/mol. The van der Waals surface area contributed by atoms with Crippen molar-refractivity contribution in [3.05, 3.63) is 176 Å². The van der Waals surface area contributed by atoms with Crippen molar-refractivity contribution in [2.24, 2.45) is 0 Å². The van der Waals surface area contributed by atoms with Gasteiger partial charge in [0.25, 0.3) is 0 Å². The summed E-state index contributed by atoms with van der Waals surface area (Å²) < 4.78 is 0. The molecule has 0 aromatic heterocycles. The zero-order valence-electron chi connectivity index (χ0n) is 24.5. The first-order chi connectivity index (χ1) is 22.3. The van der Waals surface area contributed by atoms with Gasteiger partial charge in [-0.25, -0.2) is 0 Å². The fourth-order valence-corrected chi connectivity index (χ4v) is 8.28. The molecule has 0 atom stereocenters. The number of benzene rings is 7. The maximum atomic E-state index is 2.34. The van der Waals surface area contributed by atoms with E-state index in [2.05, 4.69) is 181 Å². The van der Waals surface area contributed by atoms with Gasteiger partial charge in [0.1, 0.15) is 0 Å². The molecule has 0 aliphatic carbocycles. The second kappa shape index (κ2) is 12.2. The number of hydrogen-bond acceptors (Lipinski definition) is 3. The van der Waals surface area contributed by atoms with Gasteiger partial charge in [-0.1, -0.05) is 145 Å². The molecule has 3 heteroatoms. The first-order valence-electron chi connectivity index (χ1n) is 15.1. The van der Waals surface area contributed by atoms with Gasteiger partial charge in [-0.2, -0.15) is 0 Å². The summed E-state index contributed by atoms with van der Waals surface area (Å²) in [5.41, 5.74) is 10.7. The molecule has 0 saturated heterocycles. The second-order valence-corrected chi connectivity index (χ2v) is 13.1.